The Morgan fingerprint density at radius 2 is 1.88 bits per heavy atom. The highest BCUT2D eigenvalue weighted by molar-refractivity contribution is 5.90. The van der Waals surface area contributed by atoms with Crippen LogP contribution in [0.1, 0.15) is 16.1 Å². The second-order valence-corrected chi connectivity index (χ2v) is 5.25. The number of hydrogen-bond acceptors (Lipinski definition) is 4. The van der Waals surface area contributed by atoms with Crippen LogP contribution in [0.3, 0.4) is 0 Å². The van der Waals surface area contributed by atoms with Crippen molar-refractivity contribution in [2.24, 2.45) is 0 Å². The fourth-order valence-electron chi connectivity index (χ4n) is 2.28. The van der Waals surface area contributed by atoms with Crippen LogP contribution in [0, 0.1) is 0 Å². The van der Waals surface area contributed by atoms with E-state index in [1.54, 1.807) is 22.9 Å². The van der Waals surface area contributed by atoms with Crippen LogP contribution >= 0.6 is 0 Å². The first-order valence-electron chi connectivity index (χ1n) is 7.64. The van der Waals surface area contributed by atoms with Gasteiger partial charge in [-0.1, -0.05) is 36.4 Å². The first-order chi connectivity index (χ1) is 11.7. The fraction of sp³-hybridized carbons (Fsp3) is 0.167. The van der Waals surface area contributed by atoms with Crippen LogP contribution in [0.4, 0.5) is 0 Å². The minimum absolute atomic E-state index is 0.179. The molecule has 0 saturated carbocycles. The Hall–Kier alpha value is -3.15. The summed E-state index contributed by atoms with van der Waals surface area (Å²) >= 11 is 0. The molecular formula is C18H17N3O3. The Morgan fingerprint density at radius 1 is 1.08 bits per heavy atom. The van der Waals surface area contributed by atoms with E-state index in [-0.39, 0.29) is 18.2 Å². The minimum atomic E-state index is -0.614. The largest absolute Gasteiger partial charge is 0.451 e. The summed E-state index contributed by atoms with van der Waals surface area (Å²) in [6, 6.07) is 15.3. The molecule has 0 spiro atoms. The maximum absolute atomic E-state index is 11.9. The van der Waals surface area contributed by atoms with Gasteiger partial charge in [0.25, 0.3) is 5.91 Å². The Kier molecular flexibility index (Phi) is 4.86. The first kappa shape index (κ1) is 15.7. The van der Waals surface area contributed by atoms with Crippen molar-refractivity contribution in [1.29, 1.82) is 0 Å². The number of nitrogens with zero attached hydrogens (tertiary/aromatic N) is 2. The van der Waals surface area contributed by atoms with Crippen LogP contribution in [0.5, 0.6) is 0 Å². The van der Waals surface area contributed by atoms with Gasteiger partial charge in [-0.2, -0.15) is 0 Å². The number of carbonyl (C=O) groups is 2. The van der Waals surface area contributed by atoms with E-state index in [0.717, 1.165) is 12.0 Å². The van der Waals surface area contributed by atoms with Crippen molar-refractivity contribution in [1.82, 2.24) is 14.7 Å². The number of rotatable bonds is 6. The number of carbonyl (C=O) groups excluding carboxylic acids is 2. The second-order valence-electron chi connectivity index (χ2n) is 5.25. The third-order valence-corrected chi connectivity index (χ3v) is 3.49. The van der Waals surface area contributed by atoms with Gasteiger partial charge >= 0.3 is 5.97 Å². The third-order valence-electron chi connectivity index (χ3n) is 3.49. The monoisotopic (exact) mass is 323 g/mol. The van der Waals surface area contributed by atoms with E-state index in [0.29, 0.717) is 12.2 Å². The average Bonchev–Trinajstić information content (AvgIpc) is 3.05. The molecule has 2 heterocycles. The maximum Gasteiger partial charge on any atom is 0.359 e. The number of nitrogens with one attached hydrogen (secondary N) is 1. The zero-order valence-electron chi connectivity index (χ0n) is 13.0. The third kappa shape index (κ3) is 3.98. The molecule has 24 heavy (non-hydrogen) atoms. The number of benzene rings is 1. The molecule has 0 unspecified atom stereocenters. The van der Waals surface area contributed by atoms with Crippen molar-refractivity contribution in [2.75, 3.05) is 13.2 Å². The number of aromatic nitrogens is 2. The number of pyridine rings is 1. The van der Waals surface area contributed by atoms with Gasteiger partial charge in [0.05, 0.1) is 0 Å². The molecule has 3 rings (SSSR count). The molecule has 0 saturated heterocycles. The number of amides is 1. The number of hydrogen-bond donors (Lipinski definition) is 1. The Morgan fingerprint density at radius 3 is 2.67 bits per heavy atom. The topological polar surface area (TPSA) is 72.7 Å². The van der Waals surface area contributed by atoms with Crippen LogP contribution < -0.4 is 5.32 Å². The van der Waals surface area contributed by atoms with Gasteiger partial charge in [0, 0.05) is 18.9 Å². The molecule has 2 aromatic heterocycles. The van der Waals surface area contributed by atoms with Crippen LogP contribution in [-0.2, 0) is 16.0 Å². The molecule has 122 valence electrons. The van der Waals surface area contributed by atoms with Crippen molar-refractivity contribution < 1.29 is 14.3 Å². The predicted octanol–water partition coefficient (Wildman–Crippen LogP) is 1.85. The second kappa shape index (κ2) is 7.41. The van der Waals surface area contributed by atoms with E-state index in [1.165, 1.54) is 0 Å². The van der Waals surface area contributed by atoms with Crippen molar-refractivity contribution in [3.05, 3.63) is 72.2 Å². The van der Waals surface area contributed by atoms with Crippen LogP contribution in [-0.4, -0.2) is 34.4 Å². The standard InChI is InChI=1S/C18H17N3O3/c22-17(19-10-9-14-6-2-1-3-7-14)13-24-18(23)15-12-21-11-5-4-8-16(21)20-15/h1-8,11-12H,9-10,13H2,(H,19,22). The molecule has 0 radical (unpaired) electrons. The fourth-order valence-corrected chi connectivity index (χ4v) is 2.28. The van der Waals surface area contributed by atoms with Crippen molar-refractivity contribution >= 4 is 17.5 Å². The van der Waals surface area contributed by atoms with Crippen LogP contribution in [0.15, 0.2) is 60.9 Å². The molecule has 3 aromatic rings. The molecule has 1 N–H and O–H groups in total. The molecule has 0 aliphatic rings. The lowest BCUT2D eigenvalue weighted by atomic mass is 10.1. The SMILES string of the molecule is O=C(COC(=O)c1cn2ccccc2n1)NCCc1ccccc1. The minimum Gasteiger partial charge on any atom is -0.451 e. The molecule has 6 nitrogen and oxygen atoms in total. The summed E-state index contributed by atoms with van der Waals surface area (Å²) in [5, 5.41) is 2.72. The van der Waals surface area contributed by atoms with Crippen LogP contribution in [0.25, 0.3) is 5.65 Å². The van der Waals surface area contributed by atoms with Gasteiger partial charge in [-0.25, -0.2) is 9.78 Å². The zero-order valence-corrected chi connectivity index (χ0v) is 13.0. The zero-order chi connectivity index (χ0) is 16.8. The van der Waals surface area contributed by atoms with Gasteiger partial charge in [0.2, 0.25) is 0 Å². The lowest BCUT2D eigenvalue weighted by Crippen LogP contribution is -2.30. The first-order valence-corrected chi connectivity index (χ1v) is 7.64. The van der Waals surface area contributed by atoms with Gasteiger partial charge < -0.3 is 14.5 Å². The summed E-state index contributed by atoms with van der Waals surface area (Å²) < 4.78 is 6.71. The Labute approximate surface area is 139 Å². The molecule has 0 bridgehead atoms. The molecule has 1 aromatic carbocycles. The van der Waals surface area contributed by atoms with E-state index < -0.39 is 5.97 Å². The summed E-state index contributed by atoms with van der Waals surface area (Å²) in [7, 11) is 0. The van der Waals surface area contributed by atoms with Gasteiger partial charge in [0.15, 0.2) is 12.3 Å². The molecule has 0 atom stereocenters. The molecule has 0 fully saturated rings. The Balaban J connectivity index is 1.44. The maximum atomic E-state index is 11.9. The number of ether oxygens (including phenoxy) is 1. The predicted molar refractivity (Wildman–Crippen MR) is 88.6 cm³/mol. The van der Waals surface area contributed by atoms with Gasteiger partial charge in [-0.15, -0.1) is 0 Å². The normalized spacial score (nSPS) is 10.5. The lowest BCUT2D eigenvalue weighted by molar-refractivity contribution is -0.124. The summed E-state index contributed by atoms with van der Waals surface area (Å²) in [6.45, 7) is 0.177. The number of imidazole rings is 1. The molecule has 1 amide bonds. The van der Waals surface area contributed by atoms with Crippen molar-refractivity contribution in [2.45, 2.75) is 6.42 Å². The van der Waals surface area contributed by atoms with Crippen molar-refractivity contribution in [3.63, 3.8) is 0 Å². The van der Waals surface area contributed by atoms with Gasteiger partial charge in [-0.05, 0) is 24.1 Å². The van der Waals surface area contributed by atoms with Crippen LogP contribution in [0.2, 0.25) is 0 Å². The highest BCUT2D eigenvalue weighted by Gasteiger charge is 2.13. The smallest absolute Gasteiger partial charge is 0.359 e. The van der Waals surface area contributed by atoms with E-state index in [2.05, 4.69) is 10.3 Å². The highest BCUT2D eigenvalue weighted by atomic mass is 16.5. The lowest BCUT2D eigenvalue weighted by Gasteiger charge is -2.05. The van der Waals surface area contributed by atoms with Crippen molar-refractivity contribution in [3.8, 4) is 0 Å². The van der Waals surface area contributed by atoms with E-state index >= 15 is 0 Å². The molecular weight excluding hydrogens is 306 g/mol. The quantitative estimate of drug-likeness (QED) is 0.703. The highest BCUT2D eigenvalue weighted by Crippen LogP contribution is 2.05. The number of esters is 1. The molecule has 0 aliphatic heterocycles. The average molecular weight is 323 g/mol. The Bertz CT molecular complexity index is 810. The summed E-state index contributed by atoms with van der Waals surface area (Å²) in [6.07, 6.45) is 4.09. The summed E-state index contributed by atoms with van der Waals surface area (Å²) in [4.78, 5) is 27.8. The van der Waals surface area contributed by atoms with E-state index in [4.69, 9.17) is 4.74 Å². The summed E-state index contributed by atoms with van der Waals surface area (Å²) in [5.74, 6) is -0.944. The number of fused-ring (bicyclic) bond motifs is 1. The van der Waals surface area contributed by atoms with E-state index in [9.17, 15) is 9.59 Å². The van der Waals surface area contributed by atoms with Gasteiger partial charge in [0.1, 0.15) is 5.65 Å². The summed E-state index contributed by atoms with van der Waals surface area (Å²) in [5.41, 5.74) is 1.97. The molecule has 0 aliphatic carbocycles. The van der Waals surface area contributed by atoms with E-state index in [1.807, 2.05) is 42.5 Å². The molecule has 6 heteroatoms. The van der Waals surface area contributed by atoms with Gasteiger partial charge in [-0.3, -0.25) is 4.79 Å².